The summed E-state index contributed by atoms with van der Waals surface area (Å²) in [7, 11) is 1.80. The van der Waals surface area contributed by atoms with Crippen LogP contribution in [0, 0.1) is 0 Å². The van der Waals surface area contributed by atoms with Crippen molar-refractivity contribution in [3.8, 4) is 0 Å². The van der Waals surface area contributed by atoms with Gasteiger partial charge >= 0.3 is 0 Å². The third-order valence-electron chi connectivity index (χ3n) is 5.54. The molecule has 1 atom stereocenters. The summed E-state index contributed by atoms with van der Waals surface area (Å²) in [4.78, 5) is 33.5. The fraction of sp³-hybridized carbons (Fsp3) is 0.240. The van der Waals surface area contributed by atoms with Crippen LogP contribution in [0.1, 0.15) is 46.9 Å². The van der Waals surface area contributed by atoms with Crippen molar-refractivity contribution in [2.75, 3.05) is 18.5 Å². The van der Waals surface area contributed by atoms with E-state index in [1.807, 2.05) is 65.6 Å². The second-order valence-corrected chi connectivity index (χ2v) is 7.53. The molecule has 0 saturated carbocycles. The third kappa shape index (κ3) is 4.10. The van der Waals surface area contributed by atoms with Gasteiger partial charge in [0.15, 0.2) is 0 Å². The summed E-state index contributed by atoms with van der Waals surface area (Å²) >= 11 is 0. The molecule has 2 heterocycles. The molecule has 5 nitrogen and oxygen atoms in total. The molecule has 0 aliphatic carbocycles. The van der Waals surface area contributed by atoms with E-state index in [0.717, 1.165) is 36.3 Å². The van der Waals surface area contributed by atoms with Crippen LogP contribution in [0.4, 0.5) is 5.69 Å². The first-order valence-electron chi connectivity index (χ1n) is 10.3. The van der Waals surface area contributed by atoms with Gasteiger partial charge in [0.25, 0.3) is 5.91 Å². The Morgan fingerprint density at radius 2 is 1.70 bits per heavy atom. The van der Waals surface area contributed by atoms with Crippen LogP contribution in [0.3, 0.4) is 0 Å². The first kappa shape index (κ1) is 19.8. The fourth-order valence-corrected chi connectivity index (χ4v) is 3.95. The number of aromatic nitrogens is 1. The van der Waals surface area contributed by atoms with E-state index in [0.29, 0.717) is 12.0 Å². The van der Waals surface area contributed by atoms with Crippen LogP contribution >= 0.6 is 0 Å². The molecule has 1 saturated heterocycles. The van der Waals surface area contributed by atoms with Crippen LogP contribution in [-0.2, 0) is 4.79 Å². The summed E-state index contributed by atoms with van der Waals surface area (Å²) in [5.41, 5.74) is 3.25. The van der Waals surface area contributed by atoms with Crippen LogP contribution < -0.4 is 4.90 Å². The molecule has 4 rings (SSSR count). The summed E-state index contributed by atoms with van der Waals surface area (Å²) in [5, 5.41) is 0. The van der Waals surface area contributed by atoms with Crippen LogP contribution in [0.15, 0.2) is 79.0 Å². The summed E-state index contributed by atoms with van der Waals surface area (Å²) < 4.78 is 0. The van der Waals surface area contributed by atoms with Crippen molar-refractivity contribution in [1.29, 1.82) is 0 Å². The maximum absolute atomic E-state index is 13.3. The van der Waals surface area contributed by atoms with E-state index in [9.17, 15) is 9.59 Å². The van der Waals surface area contributed by atoms with Gasteiger partial charge in [0, 0.05) is 37.5 Å². The maximum Gasteiger partial charge on any atom is 0.254 e. The van der Waals surface area contributed by atoms with Crippen LogP contribution in [-0.4, -0.2) is 35.3 Å². The molecule has 152 valence electrons. The predicted molar refractivity (Wildman–Crippen MR) is 117 cm³/mol. The van der Waals surface area contributed by atoms with Crippen molar-refractivity contribution >= 4 is 17.5 Å². The first-order valence-corrected chi connectivity index (χ1v) is 10.3. The highest BCUT2D eigenvalue weighted by atomic mass is 16.2. The minimum absolute atomic E-state index is 0.0916. The van der Waals surface area contributed by atoms with Crippen molar-refractivity contribution in [2.45, 2.75) is 25.3 Å². The highest BCUT2D eigenvalue weighted by molar-refractivity contribution is 5.97. The van der Waals surface area contributed by atoms with Crippen molar-refractivity contribution in [3.63, 3.8) is 0 Å². The molecule has 0 bridgehead atoms. The maximum atomic E-state index is 13.3. The molecule has 1 unspecified atom stereocenters. The van der Waals surface area contributed by atoms with E-state index in [1.165, 1.54) is 0 Å². The summed E-state index contributed by atoms with van der Waals surface area (Å²) in [6.07, 6.45) is 4.29. The second-order valence-electron chi connectivity index (χ2n) is 7.53. The Labute approximate surface area is 177 Å². The van der Waals surface area contributed by atoms with Gasteiger partial charge in [-0.3, -0.25) is 14.6 Å². The zero-order chi connectivity index (χ0) is 20.9. The molecular weight excluding hydrogens is 374 g/mol. The van der Waals surface area contributed by atoms with Crippen molar-refractivity contribution in [1.82, 2.24) is 9.88 Å². The molecule has 0 radical (unpaired) electrons. The van der Waals surface area contributed by atoms with Crippen LogP contribution in [0.2, 0.25) is 0 Å². The Balaban J connectivity index is 1.60. The summed E-state index contributed by atoms with van der Waals surface area (Å²) in [5.74, 6) is 0.0581. The molecule has 0 N–H and O–H groups in total. The number of piperidine rings is 1. The summed E-state index contributed by atoms with van der Waals surface area (Å²) in [6, 6.07) is 22.7. The third-order valence-corrected chi connectivity index (χ3v) is 5.54. The number of hydrogen-bond acceptors (Lipinski definition) is 3. The molecular formula is C25H25N3O2. The van der Waals surface area contributed by atoms with Gasteiger partial charge in [-0.2, -0.15) is 0 Å². The molecule has 1 aromatic heterocycles. The topological polar surface area (TPSA) is 53.5 Å². The van der Waals surface area contributed by atoms with Gasteiger partial charge in [-0.05, 0) is 54.8 Å². The van der Waals surface area contributed by atoms with E-state index in [2.05, 4.69) is 4.98 Å². The number of hydrogen-bond donors (Lipinski definition) is 0. The SMILES string of the molecule is CN(C(=O)c1ccc(N2CCCCC2=O)cc1)C(c1ccccc1)c1ccccn1. The quantitative estimate of drug-likeness (QED) is 0.636. The van der Waals surface area contributed by atoms with E-state index >= 15 is 0 Å². The molecule has 3 aromatic rings. The molecule has 1 aliphatic heterocycles. The zero-order valence-corrected chi connectivity index (χ0v) is 17.1. The average Bonchev–Trinajstić information content (AvgIpc) is 2.81. The molecule has 2 amide bonds. The van der Waals surface area contributed by atoms with Crippen LogP contribution in [0.5, 0.6) is 0 Å². The molecule has 0 spiro atoms. The number of carbonyl (C=O) groups is 2. The van der Waals surface area contributed by atoms with Gasteiger partial charge in [0.1, 0.15) is 0 Å². The van der Waals surface area contributed by atoms with E-state index in [-0.39, 0.29) is 17.9 Å². The number of anilines is 1. The van der Waals surface area contributed by atoms with E-state index in [1.54, 1.807) is 30.3 Å². The Bertz CT molecular complexity index is 964. The van der Waals surface area contributed by atoms with Crippen LogP contribution in [0.25, 0.3) is 0 Å². The number of rotatable bonds is 5. The Morgan fingerprint density at radius 1 is 0.967 bits per heavy atom. The number of carbonyl (C=O) groups excluding carboxylic acids is 2. The minimum atomic E-state index is -0.289. The van der Waals surface area contributed by atoms with Crippen molar-refractivity contribution in [3.05, 3.63) is 95.8 Å². The Kier molecular flexibility index (Phi) is 5.89. The largest absolute Gasteiger partial charge is 0.329 e. The standard InChI is InChI=1S/C25H25N3O2/c1-27(24(19-9-3-2-4-10-19)22-11-5-7-17-26-22)25(30)20-13-15-21(16-14-20)28-18-8-6-12-23(28)29/h2-5,7,9-11,13-17,24H,6,8,12,18H2,1H3. The van der Waals surface area contributed by atoms with Gasteiger partial charge in [-0.15, -0.1) is 0 Å². The lowest BCUT2D eigenvalue weighted by Crippen LogP contribution is -2.35. The smallest absolute Gasteiger partial charge is 0.254 e. The molecule has 1 fully saturated rings. The zero-order valence-electron chi connectivity index (χ0n) is 17.1. The fourth-order valence-electron chi connectivity index (χ4n) is 3.95. The van der Waals surface area contributed by atoms with Crippen molar-refractivity contribution < 1.29 is 9.59 Å². The van der Waals surface area contributed by atoms with Gasteiger partial charge < -0.3 is 9.80 Å². The Hall–Kier alpha value is -3.47. The molecule has 2 aromatic carbocycles. The van der Waals surface area contributed by atoms with Gasteiger partial charge in [0.2, 0.25) is 5.91 Å². The highest BCUT2D eigenvalue weighted by Gasteiger charge is 2.26. The number of benzene rings is 2. The lowest BCUT2D eigenvalue weighted by molar-refractivity contribution is -0.119. The van der Waals surface area contributed by atoms with Crippen molar-refractivity contribution in [2.24, 2.45) is 0 Å². The second kappa shape index (κ2) is 8.91. The lowest BCUT2D eigenvalue weighted by Gasteiger charge is -2.29. The number of nitrogens with zero attached hydrogens (tertiary/aromatic N) is 3. The lowest BCUT2D eigenvalue weighted by atomic mass is 10.0. The Morgan fingerprint density at radius 3 is 2.37 bits per heavy atom. The van der Waals surface area contributed by atoms with Gasteiger partial charge in [0.05, 0.1) is 11.7 Å². The molecule has 1 aliphatic rings. The summed E-state index contributed by atoms with van der Waals surface area (Å²) in [6.45, 7) is 0.738. The van der Waals surface area contributed by atoms with E-state index < -0.39 is 0 Å². The van der Waals surface area contributed by atoms with Gasteiger partial charge in [-0.25, -0.2) is 0 Å². The van der Waals surface area contributed by atoms with E-state index in [4.69, 9.17) is 0 Å². The predicted octanol–water partition coefficient (Wildman–Crippen LogP) is 4.46. The first-order chi connectivity index (χ1) is 14.6. The average molecular weight is 399 g/mol. The number of pyridine rings is 1. The minimum Gasteiger partial charge on any atom is -0.329 e. The normalized spacial score (nSPS) is 15.0. The molecule has 5 heteroatoms. The molecule has 30 heavy (non-hydrogen) atoms. The highest BCUT2D eigenvalue weighted by Crippen LogP contribution is 2.28. The number of amides is 2. The monoisotopic (exact) mass is 399 g/mol. The van der Waals surface area contributed by atoms with Gasteiger partial charge in [-0.1, -0.05) is 36.4 Å².